The third-order valence-electron chi connectivity index (χ3n) is 5.16. The fourth-order valence-corrected chi connectivity index (χ4v) is 4.65. The number of nitrogens with one attached hydrogen (secondary N) is 1. The molecule has 0 atom stereocenters. The molecule has 31 heavy (non-hydrogen) atoms. The minimum atomic E-state index is -3.99. The Kier molecular flexibility index (Phi) is 5.52. The lowest BCUT2D eigenvalue weighted by Gasteiger charge is -2.12. The van der Waals surface area contributed by atoms with Gasteiger partial charge in [-0.05, 0) is 47.9 Å². The molecule has 1 heterocycles. The molecule has 0 aliphatic heterocycles. The highest BCUT2D eigenvalue weighted by molar-refractivity contribution is 7.90. The van der Waals surface area contributed by atoms with Crippen LogP contribution < -0.4 is 9.46 Å². The fraction of sp³-hybridized carbons (Fsp3) is 0.125. The highest BCUT2D eigenvalue weighted by atomic mass is 32.2. The molecular weight excluding hydrogens is 412 g/mol. The molecule has 1 amide bonds. The average Bonchev–Trinajstić information content (AvgIpc) is 3.09. The number of aromatic nitrogens is 1. The molecule has 6 nitrogen and oxygen atoms in total. The molecule has 4 aromatic rings. The topological polar surface area (TPSA) is 77.4 Å². The van der Waals surface area contributed by atoms with Crippen LogP contribution in [0.3, 0.4) is 0 Å². The highest BCUT2D eigenvalue weighted by Gasteiger charge is 2.21. The van der Waals surface area contributed by atoms with Crippen molar-refractivity contribution in [1.29, 1.82) is 0 Å². The molecule has 7 heteroatoms. The predicted octanol–water partition coefficient (Wildman–Crippen LogP) is 3.90. The van der Waals surface area contributed by atoms with Crippen molar-refractivity contribution in [2.45, 2.75) is 11.3 Å². The summed E-state index contributed by atoms with van der Waals surface area (Å²) in [5, 5.41) is 1.14. The van der Waals surface area contributed by atoms with Crippen molar-refractivity contribution in [2.24, 2.45) is 7.05 Å². The van der Waals surface area contributed by atoms with Gasteiger partial charge < -0.3 is 9.30 Å². The zero-order valence-electron chi connectivity index (χ0n) is 17.2. The molecule has 1 aromatic heterocycles. The van der Waals surface area contributed by atoms with Gasteiger partial charge in [-0.15, -0.1) is 0 Å². The minimum Gasteiger partial charge on any atom is -0.496 e. The van der Waals surface area contributed by atoms with E-state index in [4.69, 9.17) is 4.74 Å². The van der Waals surface area contributed by atoms with Gasteiger partial charge in [0, 0.05) is 24.1 Å². The minimum absolute atomic E-state index is 0.0224. The van der Waals surface area contributed by atoms with Crippen LogP contribution in [0.4, 0.5) is 0 Å². The van der Waals surface area contributed by atoms with Crippen molar-refractivity contribution in [1.82, 2.24) is 9.29 Å². The molecule has 0 aliphatic carbocycles. The smallest absolute Gasteiger partial charge is 0.268 e. The van der Waals surface area contributed by atoms with Crippen LogP contribution in [0.1, 0.15) is 21.5 Å². The summed E-state index contributed by atoms with van der Waals surface area (Å²) in [5.41, 5.74) is 3.28. The number of sulfonamides is 1. The van der Waals surface area contributed by atoms with Gasteiger partial charge in [-0.1, -0.05) is 42.5 Å². The van der Waals surface area contributed by atoms with E-state index in [9.17, 15) is 13.2 Å². The molecule has 0 unspecified atom stereocenters. The Labute approximate surface area is 181 Å². The summed E-state index contributed by atoms with van der Waals surface area (Å²) in [7, 11) is -0.548. The van der Waals surface area contributed by atoms with Gasteiger partial charge in [-0.25, -0.2) is 13.1 Å². The summed E-state index contributed by atoms with van der Waals surface area (Å²) < 4.78 is 34.6. The standard InChI is InChI=1S/C24H22N2O4S/c1-26-16-18(20-10-6-7-11-22(20)26)14-17-12-13-23(30-2)21(15-17)24(27)25-31(28,29)19-8-4-3-5-9-19/h3-13,15-16H,14H2,1-2H3,(H,25,27). The number of amides is 1. The van der Waals surface area contributed by atoms with Gasteiger partial charge >= 0.3 is 0 Å². The molecule has 0 bridgehead atoms. The lowest BCUT2D eigenvalue weighted by Crippen LogP contribution is -2.31. The van der Waals surface area contributed by atoms with Crippen molar-refractivity contribution in [3.63, 3.8) is 0 Å². The van der Waals surface area contributed by atoms with E-state index in [0.29, 0.717) is 12.2 Å². The maximum Gasteiger partial charge on any atom is 0.268 e. The van der Waals surface area contributed by atoms with E-state index < -0.39 is 15.9 Å². The number of rotatable bonds is 6. The third-order valence-corrected chi connectivity index (χ3v) is 6.51. The molecule has 4 rings (SSSR count). The van der Waals surface area contributed by atoms with Crippen LogP contribution in [-0.2, 0) is 23.5 Å². The van der Waals surface area contributed by atoms with Crippen molar-refractivity contribution < 1.29 is 17.9 Å². The van der Waals surface area contributed by atoms with Crippen molar-refractivity contribution in [3.8, 4) is 5.75 Å². The van der Waals surface area contributed by atoms with E-state index in [1.54, 1.807) is 30.3 Å². The monoisotopic (exact) mass is 434 g/mol. The first-order valence-corrected chi connectivity index (χ1v) is 11.2. The number of hydrogen-bond acceptors (Lipinski definition) is 4. The van der Waals surface area contributed by atoms with Crippen LogP contribution in [0.25, 0.3) is 10.9 Å². The second kappa shape index (κ2) is 8.28. The Bertz CT molecular complexity index is 1360. The average molecular weight is 435 g/mol. The van der Waals surface area contributed by atoms with E-state index in [1.165, 1.54) is 19.2 Å². The van der Waals surface area contributed by atoms with Gasteiger partial charge in [0.2, 0.25) is 0 Å². The number of ether oxygens (including phenoxy) is 1. The lowest BCUT2D eigenvalue weighted by atomic mass is 10.0. The number of fused-ring (bicyclic) bond motifs is 1. The van der Waals surface area contributed by atoms with E-state index in [0.717, 1.165) is 22.0 Å². The SMILES string of the molecule is COc1ccc(Cc2cn(C)c3ccccc23)cc1C(=O)NS(=O)(=O)c1ccccc1. The lowest BCUT2D eigenvalue weighted by molar-refractivity contribution is 0.0978. The van der Waals surface area contributed by atoms with Gasteiger partial charge in [0.1, 0.15) is 5.75 Å². The van der Waals surface area contributed by atoms with Gasteiger partial charge in [-0.3, -0.25) is 4.79 Å². The predicted molar refractivity (Wildman–Crippen MR) is 120 cm³/mol. The molecule has 158 valence electrons. The maximum absolute atomic E-state index is 12.9. The summed E-state index contributed by atoms with van der Waals surface area (Å²) in [4.78, 5) is 12.9. The second-order valence-corrected chi connectivity index (χ2v) is 8.92. The van der Waals surface area contributed by atoms with Crippen LogP contribution >= 0.6 is 0 Å². The number of carbonyl (C=O) groups excluding carboxylic acids is 1. The number of nitrogens with zero attached hydrogens (tertiary/aromatic N) is 1. The number of methoxy groups -OCH3 is 1. The van der Waals surface area contributed by atoms with E-state index >= 15 is 0 Å². The Morgan fingerprint density at radius 1 is 1.00 bits per heavy atom. The van der Waals surface area contributed by atoms with Crippen LogP contribution in [0.2, 0.25) is 0 Å². The largest absolute Gasteiger partial charge is 0.496 e. The Hall–Kier alpha value is -3.58. The first-order valence-electron chi connectivity index (χ1n) is 9.71. The van der Waals surface area contributed by atoms with Crippen molar-refractivity contribution in [3.05, 3.63) is 95.7 Å². The molecule has 0 spiro atoms. The maximum atomic E-state index is 12.9. The van der Waals surface area contributed by atoms with Gasteiger partial charge in [0.05, 0.1) is 17.6 Å². The number of para-hydroxylation sites is 1. The normalized spacial score (nSPS) is 11.4. The molecule has 0 saturated carbocycles. The quantitative estimate of drug-likeness (QED) is 0.499. The van der Waals surface area contributed by atoms with E-state index in [1.807, 2.05) is 25.2 Å². The summed E-state index contributed by atoms with van der Waals surface area (Å²) in [6.45, 7) is 0. The third kappa shape index (κ3) is 4.18. The molecule has 0 aliphatic rings. The van der Waals surface area contributed by atoms with E-state index in [2.05, 4.69) is 27.6 Å². The summed E-state index contributed by atoms with van der Waals surface area (Å²) in [6, 6.07) is 21.1. The second-order valence-electron chi connectivity index (χ2n) is 7.24. The molecular formula is C24H22N2O4S. The van der Waals surface area contributed by atoms with Gasteiger partial charge in [0.15, 0.2) is 0 Å². The Balaban J connectivity index is 1.65. The molecule has 1 N–H and O–H groups in total. The summed E-state index contributed by atoms with van der Waals surface area (Å²) in [6.07, 6.45) is 2.66. The van der Waals surface area contributed by atoms with Crippen LogP contribution in [0.15, 0.2) is 83.9 Å². The first-order chi connectivity index (χ1) is 14.9. The van der Waals surface area contributed by atoms with Crippen molar-refractivity contribution in [2.75, 3.05) is 7.11 Å². The molecule has 3 aromatic carbocycles. The van der Waals surface area contributed by atoms with Crippen LogP contribution in [0, 0.1) is 0 Å². The highest BCUT2D eigenvalue weighted by Crippen LogP contribution is 2.26. The van der Waals surface area contributed by atoms with Crippen LogP contribution in [-0.4, -0.2) is 26.0 Å². The number of carbonyl (C=O) groups is 1. The summed E-state index contributed by atoms with van der Waals surface area (Å²) in [5.74, 6) is -0.428. The van der Waals surface area contributed by atoms with E-state index in [-0.39, 0.29) is 10.5 Å². The Morgan fingerprint density at radius 2 is 1.71 bits per heavy atom. The molecule has 0 saturated heterocycles. The number of benzene rings is 3. The first kappa shape index (κ1) is 20.7. The zero-order valence-corrected chi connectivity index (χ0v) is 18.0. The van der Waals surface area contributed by atoms with Gasteiger partial charge in [-0.2, -0.15) is 0 Å². The summed E-state index contributed by atoms with van der Waals surface area (Å²) >= 11 is 0. The number of hydrogen-bond donors (Lipinski definition) is 1. The zero-order chi connectivity index (χ0) is 22.0. The van der Waals surface area contributed by atoms with Crippen LogP contribution in [0.5, 0.6) is 5.75 Å². The van der Waals surface area contributed by atoms with Gasteiger partial charge in [0.25, 0.3) is 15.9 Å². The molecule has 0 radical (unpaired) electrons. The molecule has 0 fully saturated rings. The number of aryl methyl sites for hydroxylation is 1. The fourth-order valence-electron chi connectivity index (χ4n) is 3.66. The van der Waals surface area contributed by atoms with Crippen molar-refractivity contribution >= 4 is 26.8 Å². The Morgan fingerprint density at radius 3 is 2.45 bits per heavy atom.